The van der Waals surface area contributed by atoms with Crippen LogP contribution in [0, 0.1) is 11.6 Å². The fourth-order valence-electron chi connectivity index (χ4n) is 2.78. The first kappa shape index (κ1) is 19.1. The van der Waals surface area contributed by atoms with E-state index in [0.29, 0.717) is 40.5 Å². The zero-order valence-corrected chi connectivity index (χ0v) is 16.1. The Kier molecular flexibility index (Phi) is 5.53. The van der Waals surface area contributed by atoms with Gasteiger partial charge in [-0.3, -0.25) is 4.57 Å². The number of oxazole rings is 1. The van der Waals surface area contributed by atoms with E-state index in [2.05, 4.69) is 21.8 Å². The van der Waals surface area contributed by atoms with E-state index in [-0.39, 0.29) is 11.6 Å². The highest BCUT2D eigenvalue weighted by Crippen LogP contribution is 2.29. The maximum absolute atomic E-state index is 14.2. The van der Waals surface area contributed by atoms with E-state index in [9.17, 15) is 8.78 Å². The fourth-order valence-corrected chi connectivity index (χ4v) is 3.58. The number of allylic oxidation sites excluding steroid dienone is 1. The summed E-state index contributed by atoms with van der Waals surface area (Å²) in [6, 6.07) is 12.4. The Balaban J connectivity index is 1.54. The summed E-state index contributed by atoms with van der Waals surface area (Å²) in [6.45, 7) is 4.19. The molecule has 0 unspecified atom stereocenters. The highest BCUT2D eigenvalue weighted by Gasteiger charge is 2.17. The molecule has 0 radical (unpaired) electrons. The van der Waals surface area contributed by atoms with Gasteiger partial charge in [0.2, 0.25) is 5.89 Å². The summed E-state index contributed by atoms with van der Waals surface area (Å²) in [5, 5.41) is 8.95. The molecule has 0 amide bonds. The van der Waals surface area contributed by atoms with Crippen molar-refractivity contribution in [2.45, 2.75) is 17.5 Å². The number of thioether (sulfide) groups is 1. The van der Waals surface area contributed by atoms with E-state index in [4.69, 9.17) is 4.42 Å². The van der Waals surface area contributed by atoms with Crippen LogP contribution < -0.4 is 0 Å². The average molecular weight is 410 g/mol. The second kappa shape index (κ2) is 8.40. The maximum atomic E-state index is 14.2. The van der Waals surface area contributed by atoms with Gasteiger partial charge in [-0.25, -0.2) is 13.8 Å². The van der Waals surface area contributed by atoms with Crippen LogP contribution in [-0.4, -0.2) is 19.7 Å². The van der Waals surface area contributed by atoms with Gasteiger partial charge in [-0.1, -0.05) is 30.0 Å². The Labute approximate surface area is 170 Å². The predicted octanol–water partition coefficient (Wildman–Crippen LogP) is 5.36. The fraction of sp³-hybridized carbons (Fsp3) is 0.0952. The average Bonchev–Trinajstić information content (AvgIpc) is 3.35. The number of hydrogen-bond donors (Lipinski definition) is 0. The van der Waals surface area contributed by atoms with E-state index in [1.54, 1.807) is 47.2 Å². The number of aromatic nitrogens is 4. The minimum Gasteiger partial charge on any atom is -0.440 e. The largest absolute Gasteiger partial charge is 0.440 e. The molecule has 29 heavy (non-hydrogen) atoms. The molecule has 0 saturated carbocycles. The summed E-state index contributed by atoms with van der Waals surface area (Å²) in [5.41, 5.74) is 1.12. The first-order valence-corrected chi connectivity index (χ1v) is 9.76. The van der Waals surface area contributed by atoms with Crippen molar-refractivity contribution in [3.8, 4) is 22.7 Å². The summed E-state index contributed by atoms with van der Waals surface area (Å²) in [5.74, 6) is 1.22. The monoisotopic (exact) mass is 410 g/mol. The molecule has 146 valence electrons. The van der Waals surface area contributed by atoms with Crippen LogP contribution in [0.25, 0.3) is 22.7 Å². The molecular formula is C21H16F2N4OS. The molecule has 0 atom stereocenters. The highest BCUT2D eigenvalue weighted by molar-refractivity contribution is 7.98. The quantitative estimate of drug-likeness (QED) is 0.303. The second-order valence-corrected chi connectivity index (χ2v) is 7.04. The summed E-state index contributed by atoms with van der Waals surface area (Å²) in [4.78, 5) is 4.27. The lowest BCUT2D eigenvalue weighted by Crippen LogP contribution is -2.01. The van der Waals surface area contributed by atoms with Crippen LogP contribution in [0.3, 0.4) is 0 Å². The Bertz CT molecular complexity index is 1140. The van der Waals surface area contributed by atoms with Crippen LogP contribution in [0.15, 0.2) is 77.0 Å². The lowest BCUT2D eigenvalue weighted by atomic mass is 10.2. The topological polar surface area (TPSA) is 56.7 Å². The van der Waals surface area contributed by atoms with Gasteiger partial charge in [-0.15, -0.1) is 16.8 Å². The van der Waals surface area contributed by atoms with Crippen LogP contribution in [0.5, 0.6) is 0 Å². The maximum Gasteiger partial charge on any atom is 0.205 e. The SMILES string of the molecule is C=CCn1c(SCc2ncc(-c3ccc(F)cc3)o2)nnc1-c1ccccc1F. The number of hydrogen-bond acceptors (Lipinski definition) is 5. The van der Waals surface area contributed by atoms with Crippen molar-refractivity contribution in [2.75, 3.05) is 0 Å². The molecule has 4 rings (SSSR count). The molecule has 8 heteroatoms. The van der Waals surface area contributed by atoms with Crippen LogP contribution in [-0.2, 0) is 12.3 Å². The van der Waals surface area contributed by atoms with Crippen molar-refractivity contribution in [1.29, 1.82) is 0 Å². The van der Waals surface area contributed by atoms with Gasteiger partial charge < -0.3 is 4.42 Å². The molecule has 0 aliphatic carbocycles. The Morgan fingerprint density at radius 3 is 2.62 bits per heavy atom. The first-order valence-electron chi connectivity index (χ1n) is 8.78. The Morgan fingerprint density at radius 2 is 1.86 bits per heavy atom. The molecule has 2 aromatic carbocycles. The predicted molar refractivity (Wildman–Crippen MR) is 107 cm³/mol. The van der Waals surface area contributed by atoms with Crippen LogP contribution >= 0.6 is 11.8 Å². The van der Waals surface area contributed by atoms with E-state index in [1.807, 2.05) is 0 Å². The van der Waals surface area contributed by atoms with Gasteiger partial charge in [0.1, 0.15) is 11.6 Å². The van der Waals surface area contributed by atoms with Crippen molar-refractivity contribution in [1.82, 2.24) is 19.7 Å². The molecule has 2 heterocycles. The third-order valence-electron chi connectivity index (χ3n) is 4.15. The number of benzene rings is 2. The third-order valence-corrected chi connectivity index (χ3v) is 5.10. The standard InChI is InChI=1S/C21H16F2N4OS/c1-2-11-27-20(16-5-3-4-6-17(16)23)25-26-21(27)29-13-19-24-12-18(28-19)14-7-9-15(22)10-8-14/h2-10,12H,1,11,13H2. The van der Waals surface area contributed by atoms with E-state index < -0.39 is 0 Å². The number of halogens is 2. The molecule has 4 aromatic rings. The molecule has 0 saturated heterocycles. The lowest BCUT2D eigenvalue weighted by Gasteiger charge is -2.07. The molecule has 5 nitrogen and oxygen atoms in total. The van der Waals surface area contributed by atoms with Gasteiger partial charge in [0.05, 0.1) is 17.5 Å². The molecule has 2 aromatic heterocycles. The normalized spacial score (nSPS) is 11.0. The first-order chi connectivity index (χ1) is 14.2. The van der Waals surface area contributed by atoms with Gasteiger partial charge >= 0.3 is 0 Å². The number of rotatable bonds is 7. The number of nitrogens with zero attached hydrogens (tertiary/aromatic N) is 4. The Morgan fingerprint density at radius 1 is 1.07 bits per heavy atom. The molecule has 0 spiro atoms. The zero-order valence-electron chi connectivity index (χ0n) is 15.3. The summed E-state index contributed by atoms with van der Waals surface area (Å²) in [6.07, 6.45) is 3.30. The highest BCUT2D eigenvalue weighted by atomic mass is 32.2. The van der Waals surface area contributed by atoms with Gasteiger partial charge in [-0.05, 0) is 36.4 Å². The zero-order chi connectivity index (χ0) is 20.2. The van der Waals surface area contributed by atoms with Crippen LogP contribution in [0.4, 0.5) is 8.78 Å². The molecule has 0 fully saturated rings. The van der Waals surface area contributed by atoms with Gasteiger partial charge in [0, 0.05) is 12.1 Å². The molecule has 0 aliphatic rings. The molecule has 0 N–H and O–H groups in total. The third kappa shape index (κ3) is 4.12. The Hall–Kier alpha value is -3.26. The van der Waals surface area contributed by atoms with Crippen LogP contribution in [0.1, 0.15) is 5.89 Å². The van der Waals surface area contributed by atoms with E-state index in [0.717, 1.165) is 5.56 Å². The molecule has 0 bridgehead atoms. The minimum absolute atomic E-state index is 0.309. The van der Waals surface area contributed by atoms with Crippen molar-refractivity contribution in [3.05, 3.63) is 84.9 Å². The summed E-state index contributed by atoms with van der Waals surface area (Å²) >= 11 is 1.38. The van der Waals surface area contributed by atoms with Crippen molar-refractivity contribution in [3.63, 3.8) is 0 Å². The minimum atomic E-state index is -0.363. The van der Waals surface area contributed by atoms with Gasteiger partial charge in [-0.2, -0.15) is 0 Å². The lowest BCUT2D eigenvalue weighted by molar-refractivity contribution is 0.529. The molecule has 0 aliphatic heterocycles. The van der Waals surface area contributed by atoms with Crippen molar-refractivity contribution < 1.29 is 13.2 Å². The van der Waals surface area contributed by atoms with Gasteiger partial charge in [0.25, 0.3) is 0 Å². The molecular weight excluding hydrogens is 394 g/mol. The van der Waals surface area contributed by atoms with Crippen molar-refractivity contribution in [2.24, 2.45) is 0 Å². The van der Waals surface area contributed by atoms with E-state index >= 15 is 0 Å². The summed E-state index contributed by atoms with van der Waals surface area (Å²) < 4.78 is 34.8. The van der Waals surface area contributed by atoms with Crippen molar-refractivity contribution >= 4 is 11.8 Å². The van der Waals surface area contributed by atoms with Gasteiger partial charge in [0.15, 0.2) is 16.7 Å². The summed E-state index contributed by atoms with van der Waals surface area (Å²) in [7, 11) is 0. The van der Waals surface area contributed by atoms with Crippen LogP contribution in [0.2, 0.25) is 0 Å². The second-order valence-electron chi connectivity index (χ2n) is 6.10. The smallest absolute Gasteiger partial charge is 0.205 e. The van der Waals surface area contributed by atoms with E-state index in [1.165, 1.54) is 30.0 Å².